The third-order valence-electron chi connectivity index (χ3n) is 0. The van der Waals surface area contributed by atoms with E-state index in [1.807, 2.05) is 0 Å². The monoisotopic (exact) mass is 456 g/mol. The fourth-order valence-corrected chi connectivity index (χ4v) is 0. The first-order valence-electron chi connectivity index (χ1n) is 3.13. The van der Waals surface area contributed by atoms with Crippen LogP contribution in [-0.2, 0) is 37.7 Å². The van der Waals surface area contributed by atoms with Gasteiger partial charge in [0.15, 0.2) is 0 Å². The van der Waals surface area contributed by atoms with Gasteiger partial charge >= 0.3 is 31.3 Å². The van der Waals surface area contributed by atoms with Crippen LogP contribution in [0.3, 0.4) is 0 Å². The summed E-state index contributed by atoms with van der Waals surface area (Å²) in [5, 5.41) is 0. The van der Waals surface area contributed by atoms with E-state index in [0.29, 0.717) is 0 Å². The largest absolute Gasteiger partial charge is 0.466 e. The molecule has 0 saturated heterocycles. The van der Waals surface area contributed by atoms with Crippen molar-refractivity contribution in [3.63, 3.8) is 0 Å². The van der Waals surface area contributed by atoms with E-state index in [1.54, 1.807) is 0 Å². The molecule has 0 aromatic carbocycles. The molecular weight excluding hydrogens is 445 g/mol. The van der Waals surface area contributed by atoms with Crippen molar-refractivity contribution < 1.29 is 96.5 Å². The summed E-state index contributed by atoms with van der Waals surface area (Å²) in [6.07, 6.45) is 0. The average molecular weight is 457 g/mol. The van der Waals surface area contributed by atoms with Crippen LogP contribution in [0.5, 0.6) is 0 Å². The van der Waals surface area contributed by atoms with Crippen molar-refractivity contribution in [3.8, 4) is 0 Å². The molecular formula is H12O16P4Zn. The van der Waals surface area contributed by atoms with E-state index in [-0.39, 0.29) is 19.5 Å². The summed E-state index contributed by atoms with van der Waals surface area (Å²) >= 11 is 0. The fourth-order valence-electron chi connectivity index (χ4n) is 0. The maximum Gasteiger partial charge on any atom is 0.466 e. The van der Waals surface area contributed by atoms with Gasteiger partial charge in [0.25, 0.3) is 0 Å². The summed E-state index contributed by atoms with van der Waals surface area (Å²) in [7, 11) is -18.6. The van der Waals surface area contributed by atoms with Gasteiger partial charge in [0.05, 0.1) is 0 Å². The molecule has 130 valence electrons. The van der Waals surface area contributed by atoms with Gasteiger partial charge in [0.2, 0.25) is 0 Å². The van der Waals surface area contributed by atoms with Gasteiger partial charge in [-0.05, 0) is 0 Å². The molecule has 0 aliphatic heterocycles. The number of rotatable bonds is 0. The Labute approximate surface area is 128 Å². The summed E-state index contributed by atoms with van der Waals surface area (Å²) in [6.45, 7) is 0. The molecule has 0 aromatic heterocycles. The van der Waals surface area contributed by atoms with Crippen molar-refractivity contribution in [2.24, 2.45) is 0 Å². The summed E-state index contributed by atoms with van der Waals surface area (Å²) in [5.74, 6) is 0. The van der Waals surface area contributed by atoms with E-state index in [1.165, 1.54) is 0 Å². The summed E-state index contributed by atoms with van der Waals surface area (Å²) in [5.41, 5.74) is 0. The van der Waals surface area contributed by atoms with Gasteiger partial charge in [-0.3, -0.25) is 0 Å². The molecule has 0 heterocycles. The van der Waals surface area contributed by atoms with Crippen molar-refractivity contribution >= 4 is 31.3 Å². The molecule has 21 heavy (non-hydrogen) atoms. The van der Waals surface area contributed by atoms with Gasteiger partial charge in [0, 0.05) is 19.5 Å². The number of hydrogen-bond acceptors (Lipinski definition) is 4. The van der Waals surface area contributed by atoms with Crippen LogP contribution in [0.15, 0.2) is 0 Å². The maximum atomic E-state index is 8.88. The zero-order valence-corrected chi connectivity index (χ0v) is 16.0. The van der Waals surface area contributed by atoms with Crippen LogP contribution >= 0.6 is 31.3 Å². The number of phosphoric acid groups is 4. The Morgan fingerprint density at radius 3 is 0.333 bits per heavy atom. The van der Waals surface area contributed by atoms with Gasteiger partial charge in [-0.1, -0.05) is 0 Å². The topological polar surface area (TPSA) is 311 Å². The smallest absolute Gasteiger partial charge is 0.303 e. The Kier molecular flexibility index (Phi) is 21.6. The number of hydrogen-bond donors (Lipinski definition) is 12. The predicted octanol–water partition coefficient (Wildman–Crippen LogP) is -3.72. The Morgan fingerprint density at radius 1 is 0.333 bits per heavy atom. The van der Waals surface area contributed by atoms with Crippen LogP contribution in [0.25, 0.3) is 0 Å². The Balaban J connectivity index is -0.0000000533. The standard InChI is InChI=1S/4H3O4P.Zn/c4*1-5(2,3)4;/h4*(H3,1,2,3,4);. The van der Waals surface area contributed by atoms with Crippen LogP contribution in [0.4, 0.5) is 0 Å². The molecule has 0 rings (SSSR count). The molecule has 0 amide bonds. The SMILES string of the molecule is O=P(O)(O)O.O=P(O)(O)O.O=P(O)(O)O.O=P(O)(O)O.[Zn]. The molecule has 0 spiro atoms. The van der Waals surface area contributed by atoms with E-state index in [0.717, 1.165) is 0 Å². The average Bonchev–Trinajstić information content (AvgIpc) is 1.62. The molecule has 0 bridgehead atoms. The molecule has 21 heteroatoms. The molecule has 0 atom stereocenters. The first-order valence-corrected chi connectivity index (χ1v) is 9.39. The minimum absolute atomic E-state index is 0. The van der Waals surface area contributed by atoms with Crippen LogP contribution in [0.2, 0.25) is 0 Å². The molecule has 0 aromatic rings. The van der Waals surface area contributed by atoms with Gasteiger partial charge in [-0.15, -0.1) is 0 Å². The first-order chi connectivity index (χ1) is 8.00. The zero-order chi connectivity index (χ0) is 18.0. The molecule has 12 N–H and O–H groups in total. The summed E-state index contributed by atoms with van der Waals surface area (Å²) < 4.78 is 35.5. The first kappa shape index (κ1) is 33.6. The van der Waals surface area contributed by atoms with Crippen LogP contribution < -0.4 is 0 Å². The van der Waals surface area contributed by atoms with Crippen LogP contribution in [-0.4, -0.2) is 58.7 Å². The third kappa shape index (κ3) is 6770. The van der Waals surface area contributed by atoms with Crippen molar-refractivity contribution in [1.29, 1.82) is 0 Å². The van der Waals surface area contributed by atoms with E-state index >= 15 is 0 Å². The van der Waals surface area contributed by atoms with Crippen molar-refractivity contribution in [3.05, 3.63) is 0 Å². The third-order valence-corrected chi connectivity index (χ3v) is 0. The van der Waals surface area contributed by atoms with E-state index in [9.17, 15) is 0 Å². The van der Waals surface area contributed by atoms with Gasteiger partial charge in [-0.25, -0.2) is 18.3 Å². The van der Waals surface area contributed by atoms with Gasteiger partial charge < -0.3 is 58.7 Å². The predicted molar refractivity (Wildman–Crippen MR) is 57.1 cm³/mol. The second-order valence-electron chi connectivity index (χ2n) is 2.05. The van der Waals surface area contributed by atoms with Gasteiger partial charge in [0.1, 0.15) is 0 Å². The second-order valence-corrected chi connectivity index (χ2v) is 6.16. The zero-order valence-electron chi connectivity index (χ0n) is 9.50. The van der Waals surface area contributed by atoms with Crippen molar-refractivity contribution in [1.82, 2.24) is 0 Å². The quantitative estimate of drug-likeness (QED) is 0.123. The molecule has 0 aliphatic rings. The minimum atomic E-state index is -4.64. The Bertz CT molecular complexity index is 285. The summed E-state index contributed by atoms with van der Waals surface area (Å²) in [4.78, 5) is 86.2. The molecule has 0 unspecified atom stereocenters. The molecule has 0 aliphatic carbocycles. The summed E-state index contributed by atoms with van der Waals surface area (Å²) in [6, 6.07) is 0. The van der Waals surface area contributed by atoms with E-state index < -0.39 is 31.3 Å². The Hall–Kier alpha value is 1.06. The van der Waals surface area contributed by atoms with Crippen LogP contribution in [0, 0.1) is 0 Å². The fraction of sp³-hybridized carbons (Fsp3) is 0. The normalized spacial score (nSPS) is 11.2. The van der Waals surface area contributed by atoms with Gasteiger partial charge in [-0.2, -0.15) is 0 Å². The minimum Gasteiger partial charge on any atom is -0.303 e. The van der Waals surface area contributed by atoms with E-state index in [2.05, 4.69) is 0 Å². The van der Waals surface area contributed by atoms with Crippen molar-refractivity contribution in [2.75, 3.05) is 0 Å². The molecule has 16 nitrogen and oxygen atoms in total. The molecule has 0 radical (unpaired) electrons. The van der Waals surface area contributed by atoms with Crippen molar-refractivity contribution in [2.45, 2.75) is 0 Å². The van der Waals surface area contributed by atoms with Crippen LogP contribution in [0.1, 0.15) is 0 Å². The maximum absolute atomic E-state index is 8.88. The molecule has 0 fully saturated rings. The Morgan fingerprint density at radius 2 is 0.333 bits per heavy atom. The van der Waals surface area contributed by atoms with E-state index in [4.69, 9.17) is 77.0 Å². The molecule has 0 saturated carbocycles. The second kappa shape index (κ2) is 13.5.